The van der Waals surface area contributed by atoms with Crippen molar-refractivity contribution in [3.63, 3.8) is 0 Å². The highest BCUT2D eigenvalue weighted by Crippen LogP contribution is 2.17. The van der Waals surface area contributed by atoms with E-state index in [1.807, 2.05) is 35.9 Å². The summed E-state index contributed by atoms with van der Waals surface area (Å²) in [5.74, 6) is 0. The molecule has 0 N–H and O–H groups in total. The molecule has 0 aliphatic heterocycles. The summed E-state index contributed by atoms with van der Waals surface area (Å²) in [6.07, 6.45) is 7.04. The third-order valence-corrected chi connectivity index (χ3v) is 2.62. The zero-order chi connectivity index (χ0) is 11.0. The molecule has 1 aromatic carbocycles. The van der Waals surface area contributed by atoms with E-state index in [-0.39, 0.29) is 0 Å². The summed E-state index contributed by atoms with van der Waals surface area (Å²) in [6.45, 7) is 1.99. The summed E-state index contributed by atoms with van der Waals surface area (Å²) < 4.78 is 1.96. The van der Waals surface area contributed by atoms with Crippen LogP contribution in [0.3, 0.4) is 0 Å². The Kier molecular flexibility index (Phi) is 1.93. The van der Waals surface area contributed by atoms with Crippen LogP contribution in [0.15, 0.2) is 43.2 Å². The summed E-state index contributed by atoms with van der Waals surface area (Å²) in [5, 5.41) is 1.09. The Balaban J connectivity index is 2.24. The van der Waals surface area contributed by atoms with Gasteiger partial charge in [-0.05, 0) is 25.1 Å². The molecule has 0 fully saturated rings. The monoisotopic (exact) mass is 210 g/mol. The van der Waals surface area contributed by atoms with Crippen molar-refractivity contribution in [1.29, 1.82) is 0 Å². The van der Waals surface area contributed by atoms with Crippen molar-refractivity contribution in [1.82, 2.24) is 19.5 Å². The average molecular weight is 210 g/mol. The van der Waals surface area contributed by atoms with E-state index in [4.69, 9.17) is 0 Å². The van der Waals surface area contributed by atoms with Gasteiger partial charge in [0, 0.05) is 29.2 Å². The molecule has 4 heteroatoms. The van der Waals surface area contributed by atoms with E-state index in [0.29, 0.717) is 0 Å². The van der Waals surface area contributed by atoms with Gasteiger partial charge in [0.2, 0.25) is 0 Å². The maximum atomic E-state index is 4.27. The summed E-state index contributed by atoms with van der Waals surface area (Å²) in [5.41, 5.74) is 3.02. The first-order valence-electron chi connectivity index (χ1n) is 5.04. The Morgan fingerprint density at radius 3 is 2.94 bits per heavy atom. The first kappa shape index (κ1) is 9.03. The molecule has 16 heavy (non-hydrogen) atoms. The van der Waals surface area contributed by atoms with Crippen LogP contribution >= 0.6 is 0 Å². The highest BCUT2D eigenvalue weighted by atomic mass is 15.0. The van der Waals surface area contributed by atoms with Gasteiger partial charge >= 0.3 is 0 Å². The normalized spacial score (nSPS) is 10.8. The molecule has 0 radical (unpaired) electrons. The second-order valence-electron chi connectivity index (χ2n) is 3.63. The Morgan fingerprint density at radius 1 is 1.19 bits per heavy atom. The van der Waals surface area contributed by atoms with Crippen molar-refractivity contribution < 1.29 is 0 Å². The molecule has 3 rings (SSSR count). The topological polar surface area (TPSA) is 43.6 Å². The Morgan fingerprint density at radius 2 is 2.12 bits per heavy atom. The van der Waals surface area contributed by atoms with E-state index in [0.717, 1.165) is 22.3 Å². The van der Waals surface area contributed by atoms with Gasteiger partial charge in [0.1, 0.15) is 6.33 Å². The molecule has 3 aromatic rings. The Hall–Kier alpha value is -2.23. The fourth-order valence-corrected chi connectivity index (χ4v) is 1.75. The minimum absolute atomic E-state index is 0.957. The molecule has 0 amide bonds. The van der Waals surface area contributed by atoms with E-state index >= 15 is 0 Å². The molecular weight excluding hydrogens is 200 g/mol. The van der Waals surface area contributed by atoms with Crippen molar-refractivity contribution in [2.24, 2.45) is 0 Å². The standard InChI is InChI=1S/C12H10N4/c1-9-11-3-2-10(16-5-4-13-8-16)6-12(11)15-7-14-9/h2-8H,1H3. The number of fused-ring (bicyclic) bond motifs is 1. The van der Waals surface area contributed by atoms with Crippen LogP contribution < -0.4 is 0 Å². The predicted molar refractivity (Wildman–Crippen MR) is 61.4 cm³/mol. The molecule has 0 saturated heterocycles. The van der Waals surface area contributed by atoms with Gasteiger partial charge in [0.25, 0.3) is 0 Å². The number of hydrogen-bond acceptors (Lipinski definition) is 3. The van der Waals surface area contributed by atoms with Crippen LogP contribution in [-0.4, -0.2) is 19.5 Å². The molecule has 0 bridgehead atoms. The van der Waals surface area contributed by atoms with Crippen molar-refractivity contribution in [3.8, 4) is 5.69 Å². The van der Waals surface area contributed by atoms with Gasteiger partial charge in [-0.1, -0.05) is 0 Å². The summed E-state index contributed by atoms with van der Waals surface area (Å²) in [4.78, 5) is 12.5. The molecule has 78 valence electrons. The van der Waals surface area contributed by atoms with Crippen LogP contribution in [0.4, 0.5) is 0 Å². The fraction of sp³-hybridized carbons (Fsp3) is 0.0833. The molecule has 0 saturated carbocycles. The zero-order valence-electron chi connectivity index (χ0n) is 8.83. The highest BCUT2D eigenvalue weighted by Gasteiger charge is 2.01. The predicted octanol–water partition coefficient (Wildman–Crippen LogP) is 2.12. The van der Waals surface area contributed by atoms with E-state index < -0.39 is 0 Å². The van der Waals surface area contributed by atoms with Gasteiger partial charge in [-0.25, -0.2) is 15.0 Å². The van der Waals surface area contributed by atoms with Crippen molar-refractivity contribution in [2.45, 2.75) is 6.92 Å². The molecule has 0 aliphatic carbocycles. The number of rotatable bonds is 1. The number of aryl methyl sites for hydroxylation is 1. The van der Waals surface area contributed by atoms with Gasteiger partial charge in [-0.15, -0.1) is 0 Å². The largest absolute Gasteiger partial charge is 0.306 e. The van der Waals surface area contributed by atoms with Gasteiger partial charge in [-0.3, -0.25) is 0 Å². The molecule has 2 heterocycles. The lowest BCUT2D eigenvalue weighted by Crippen LogP contribution is -1.92. The van der Waals surface area contributed by atoms with Crippen LogP contribution in [-0.2, 0) is 0 Å². The van der Waals surface area contributed by atoms with E-state index in [1.165, 1.54) is 0 Å². The smallest absolute Gasteiger partial charge is 0.116 e. The third-order valence-electron chi connectivity index (χ3n) is 2.62. The average Bonchev–Trinajstić information content (AvgIpc) is 2.82. The lowest BCUT2D eigenvalue weighted by Gasteiger charge is -2.04. The minimum Gasteiger partial charge on any atom is -0.306 e. The summed E-state index contributed by atoms with van der Waals surface area (Å²) in [7, 11) is 0. The first-order chi connectivity index (χ1) is 7.84. The zero-order valence-corrected chi connectivity index (χ0v) is 8.83. The third kappa shape index (κ3) is 1.35. The van der Waals surface area contributed by atoms with Crippen LogP contribution in [0.1, 0.15) is 5.69 Å². The van der Waals surface area contributed by atoms with Crippen molar-refractivity contribution >= 4 is 10.9 Å². The lowest BCUT2D eigenvalue weighted by atomic mass is 10.2. The van der Waals surface area contributed by atoms with Gasteiger partial charge < -0.3 is 4.57 Å². The van der Waals surface area contributed by atoms with Crippen molar-refractivity contribution in [2.75, 3.05) is 0 Å². The van der Waals surface area contributed by atoms with Gasteiger partial charge in [-0.2, -0.15) is 0 Å². The first-order valence-corrected chi connectivity index (χ1v) is 5.04. The number of hydrogen-bond donors (Lipinski definition) is 0. The van der Waals surface area contributed by atoms with Crippen LogP contribution in [0, 0.1) is 6.92 Å². The molecule has 4 nitrogen and oxygen atoms in total. The lowest BCUT2D eigenvalue weighted by molar-refractivity contribution is 1.06. The molecule has 0 aliphatic rings. The number of aromatic nitrogens is 4. The second-order valence-corrected chi connectivity index (χ2v) is 3.63. The summed E-state index contributed by atoms with van der Waals surface area (Å²) >= 11 is 0. The number of benzene rings is 1. The van der Waals surface area contributed by atoms with E-state index in [1.54, 1.807) is 18.9 Å². The number of nitrogens with zero attached hydrogens (tertiary/aromatic N) is 4. The summed E-state index contributed by atoms with van der Waals surface area (Å²) in [6, 6.07) is 6.12. The molecule has 0 unspecified atom stereocenters. The van der Waals surface area contributed by atoms with Crippen LogP contribution in [0.25, 0.3) is 16.6 Å². The maximum absolute atomic E-state index is 4.27. The van der Waals surface area contributed by atoms with Gasteiger partial charge in [0.05, 0.1) is 11.8 Å². The number of imidazole rings is 1. The molecule has 2 aromatic heterocycles. The van der Waals surface area contributed by atoms with Crippen LogP contribution in [0.2, 0.25) is 0 Å². The highest BCUT2D eigenvalue weighted by molar-refractivity contribution is 5.82. The Bertz CT molecular complexity index is 629. The van der Waals surface area contributed by atoms with E-state index in [9.17, 15) is 0 Å². The quantitative estimate of drug-likeness (QED) is 0.618. The Labute approximate surface area is 92.6 Å². The molecule has 0 spiro atoms. The second kappa shape index (κ2) is 3.41. The van der Waals surface area contributed by atoms with Crippen molar-refractivity contribution in [3.05, 3.63) is 48.9 Å². The fourth-order valence-electron chi connectivity index (χ4n) is 1.75. The minimum atomic E-state index is 0.957. The van der Waals surface area contributed by atoms with E-state index in [2.05, 4.69) is 15.0 Å². The maximum Gasteiger partial charge on any atom is 0.116 e. The van der Waals surface area contributed by atoms with Gasteiger partial charge in [0.15, 0.2) is 0 Å². The van der Waals surface area contributed by atoms with Crippen LogP contribution in [0.5, 0.6) is 0 Å². The molecular formula is C12H10N4. The SMILES string of the molecule is Cc1ncnc2cc(-n3ccnc3)ccc12. The molecule has 0 atom stereocenters.